The van der Waals surface area contributed by atoms with Crippen LogP contribution in [0.1, 0.15) is 25.7 Å². The number of piperidine rings is 1. The minimum absolute atomic E-state index is 0.871. The van der Waals surface area contributed by atoms with Crippen molar-refractivity contribution in [3.8, 4) is 0 Å². The van der Waals surface area contributed by atoms with Crippen LogP contribution in [-0.4, -0.2) is 13.1 Å². The monoisotopic (exact) mass is 137 g/mol. The molecule has 1 N–H and O–H groups in total. The van der Waals surface area contributed by atoms with E-state index in [4.69, 9.17) is 0 Å². The standard InChI is InChI=1S/C9H15N/c1-3-10-4-2-9(1)6-7-5-8(7)9/h7-8,10H,1-6H2. The first-order valence-electron chi connectivity index (χ1n) is 4.61. The van der Waals surface area contributed by atoms with Crippen LogP contribution in [0.5, 0.6) is 0 Å². The molecule has 1 spiro atoms. The Morgan fingerprint density at radius 3 is 2.50 bits per heavy atom. The molecule has 3 rings (SSSR count). The van der Waals surface area contributed by atoms with E-state index in [0.717, 1.165) is 5.41 Å². The number of rotatable bonds is 0. The van der Waals surface area contributed by atoms with Crippen LogP contribution in [0, 0.1) is 17.3 Å². The van der Waals surface area contributed by atoms with Crippen molar-refractivity contribution < 1.29 is 0 Å². The van der Waals surface area contributed by atoms with Gasteiger partial charge in [-0.25, -0.2) is 0 Å². The van der Waals surface area contributed by atoms with E-state index in [-0.39, 0.29) is 0 Å². The highest BCUT2D eigenvalue weighted by molar-refractivity contribution is 5.12. The molecule has 1 nitrogen and oxygen atoms in total. The Labute approximate surface area is 62.2 Å². The first-order valence-corrected chi connectivity index (χ1v) is 4.61. The molecule has 0 aromatic heterocycles. The van der Waals surface area contributed by atoms with Crippen LogP contribution in [0.3, 0.4) is 0 Å². The fourth-order valence-electron chi connectivity index (χ4n) is 3.24. The Bertz CT molecular complexity index is 158. The predicted octanol–water partition coefficient (Wildman–Crippen LogP) is 1.40. The second-order valence-electron chi connectivity index (χ2n) is 4.42. The lowest BCUT2D eigenvalue weighted by Gasteiger charge is -2.44. The fourth-order valence-corrected chi connectivity index (χ4v) is 3.24. The van der Waals surface area contributed by atoms with Gasteiger partial charge >= 0.3 is 0 Å². The minimum Gasteiger partial charge on any atom is -0.317 e. The molecule has 0 amide bonds. The summed E-state index contributed by atoms with van der Waals surface area (Å²) in [4.78, 5) is 0. The summed E-state index contributed by atoms with van der Waals surface area (Å²) in [5.74, 6) is 2.38. The van der Waals surface area contributed by atoms with Crippen LogP contribution in [0.25, 0.3) is 0 Å². The molecule has 3 aliphatic rings. The average molecular weight is 137 g/mol. The van der Waals surface area contributed by atoms with Crippen molar-refractivity contribution in [3.63, 3.8) is 0 Å². The zero-order valence-corrected chi connectivity index (χ0v) is 6.40. The molecule has 1 heteroatoms. The van der Waals surface area contributed by atoms with Gasteiger partial charge in [-0.15, -0.1) is 0 Å². The maximum atomic E-state index is 3.45. The number of fused-ring (bicyclic) bond motifs is 2. The summed E-state index contributed by atoms with van der Waals surface area (Å²) in [6.07, 6.45) is 6.13. The van der Waals surface area contributed by atoms with Crippen molar-refractivity contribution in [3.05, 3.63) is 0 Å². The molecular formula is C9H15N. The number of nitrogens with one attached hydrogen (secondary N) is 1. The van der Waals surface area contributed by atoms with Gasteiger partial charge in [-0.2, -0.15) is 0 Å². The molecule has 10 heavy (non-hydrogen) atoms. The van der Waals surface area contributed by atoms with Crippen LogP contribution in [0.15, 0.2) is 0 Å². The molecule has 56 valence electrons. The Kier molecular flexibility index (Phi) is 0.883. The molecule has 1 heterocycles. The van der Waals surface area contributed by atoms with Gasteiger partial charge in [0.1, 0.15) is 0 Å². The molecule has 2 unspecified atom stereocenters. The molecule has 3 fully saturated rings. The van der Waals surface area contributed by atoms with Gasteiger partial charge in [0.25, 0.3) is 0 Å². The van der Waals surface area contributed by atoms with E-state index < -0.39 is 0 Å². The summed E-state index contributed by atoms with van der Waals surface area (Å²) in [5, 5.41) is 3.45. The third kappa shape index (κ3) is 0.531. The van der Waals surface area contributed by atoms with E-state index >= 15 is 0 Å². The highest BCUT2D eigenvalue weighted by atomic mass is 14.9. The van der Waals surface area contributed by atoms with Crippen molar-refractivity contribution in [1.82, 2.24) is 5.32 Å². The van der Waals surface area contributed by atoms with Crippen LogP contribution >= 0.6 is 0 Å². The van der Waals surface area contributed by atoms with Gasteiger partial charge in [0.05, 0.1) is 0 Å². The average Bonchev–Trinajstić information content (AvgIpc) is 2.65. The Morgan fingerprint density at radius 1 is 1.20 bits per heavy atom. The van der Waals surface area contributed by atoms with Crippen molar-refractivity contribution in [2.75, 3.05) is 13.1 Å². The van der Waals surface area contributed by atoms with Crippen LogP contribution < -0.4 is 5.32 Å². The van der Waals surface area contributed by atoms with Gasteiger partial charge < -0.3 is 5.32 Å². The maximum absolute atomic E-state index is 3.45. The third-order valence-corrected chi connectivity index (χ3v) is 3.98. The van der Waals surface area contributed by atoms with Crippen LogP contribution in [0.4, 0.5) is 0 Å². The summed E-state index contributed by atoms with van der Waals surface area (Å²) < 4.78 is 0. The highest BCUT2D eigenvalue weighted by Gasteiger charge is 2.62. The molecule has 2 saturated carbocycles. The molecule has 0 aromatic carbocycles. The minimum atomic E-state index is 0.871. The lowest BCUT2D eigenvalue weighted by Crippen LogP contribution is -2.43. The quantitative estimate of drug-likeness (QED) is 0.532. The van der Waals surface area contributed by atoms with Crippen molar-refractivity contribution in [1.29, 1.82) is 0 Å². The summed E-state index contributed by atoms with van der Waals surface area (Å²) in [5.41, 5.74) is 0.871. The lowest BCUT2D eigenvalue weighted by molar-refractivity contribution is 0.0679. The van der Waals surface area contributed by atoms with E-state index in [1.54, 1.807) is 12.8 Å². The van der Waals surface area contributed by atoms with E-state index in [0.29, 0.717) is 0 Å². The van der Waals surface area contributed by atoms with Gasteiger partial charge in [-0.3, -0.25) is 0 Å². The predicted molar refractivity (Wildman–Crippen MR) is 40.8 cm³/mol. The zero-order valence-electron chi connectivity index (χ0n) is 6.40. The Hall–Kier alpha value is -0.0400. The van der Waals surface area contributed by atoms with E-state index in [1.807, 2.05) is 0 Å². The largest absolute Gasteiger partial charge is 0.317 e. The maximum Gasteiger partial charge on any atom is -0.00435 e. The van der Waals surface area contributed by atoms with E-state index in [1.165, 1.54) is 37.8 Å². The highest BCUT2D eigenvalue weighted by Crippen LogP contribution is 2.70. The smallest absolute Gasteiger partial charge is 0.00435 e. The Balaban J connectivity index is 1.77. The van der Waals surface area contributed by atoms with Crippen molar-refractivity contribution >= 4 is 0 Å². The second-order valence-corrected chi connectivity index (χ2v) is 4.42. The Morgan fingerprint density at radius 2 is 2.00 bits per heavy atom. The van der Waals surface area contributed by atoms with Gasteiger partial charge in [0, 0.05) is 0 Å². The summed E-state index contributed by atoms with van der Waals surface area (Å²) >= 11 is 0. The van der Waals surface area contributed by atoms with Crippen molar-refractivity contribution in [2.45, 2.75) is 25.7 Å². The van der Waals surface area contributed by atoms with E-state index in [9.17, 15) is 0 Å². The molecule has 2 aliphatic carbocycles. The van der Waals surface area contributed by atoms with Crippen LogP contribution in [-0.2, 0) is 0 Å². The lowest BCUT2D eigenvalue weighted by atomic mass is 9.63. The third-order valence-electron chi connectivity index (χ3n) is 3.98. The van der Waals surface area contributed by atoms with Gasteiger partial charge in [-0.05, 0) is 56.0 Å². The molecule has 0 radical (unpaired) electrons. The molecule has 1 aliphatic heterocycles. The van der Waals surface area contributed by atoms with Gasteiger partial charge in [-0.1, -0.05) is 0 Å². The summed E-state index contributed by atoms with van der Waals surface area (Å²) in [6.45, 7) is 2.59. The normalized spacial score (nSPS) is 48.0. The summed E-state index contributed by atoms with van der Waals surface area (Å²) in [7, 11) is 0. The fraction of sp³-hybridized carbons (Fsp3) is 1.00. The SMILES string of the molecule is C1CC2(CCN1)CC1CC12. The molecule has 1 saturated heterocycles. The summed E-state index contributed by atoms with van der Waals surface area (Å²) in [6, 6.07) is 0. The first-order chi connectivity index (χ1) is 4.91. The first kappa shape index (κ1) is 5.59. The van der Waals surface area contributed by atoms with Crippen molar-refractivity contribution in [2.24, 2.45) is 17.3 Å². The molecule has 0 bridgehead atoms. The topological polar surface area (TPSA) is 12.0 Å². The number of hydrogen-bond donors (Lipinski definition) is 1. The van der Waals surface area contributed by atoms with Crippen LogP contribution in [0.2, 0.25) is 0 Å². The van der Waals surface area contributed by atoms with Gasteiger partial charge in [0.15, 0.2) is 0 Å². The number of hydrogen-bond acceptors (Lipinski definition) is 1. The molecular weight excluding hydrogens is 122 g/mol. The van der Waals surface area contributed by atoms with E-state index in [2.05, 4.69) is 5.32 Å². The molecule has 0 aromatic rings. The zero-order chi connectivity index (χ0) is 6.60. The molecule has 2 atom stereocenters. The second kappa shape index (κ2) is 1.58. The van der Waals surface area contributed by atoms with Gasteiger partial charge in [0.2, 0.25) is 0 Å².